The number of hydrogen-bond acceptors (Lipinski definition) is 1. The van der Waals surface area contributed by atoms with Gasteiger partial charge in [-0.05, 0) is 38.5 Å². The topological polar surface area (TPSA) is 3.24 Å². The van der Waals surface area contributed by atoms with Crippen molar-refractivity contribution in [2.24, 2.45) is 0 Å². The highest BCUT2D eigenvalue weighted by atomic mass is 15.1. The van der Waals surface area contributed by atoms with Crippen LogP contribution in [0.2, 0.25) is 0 Å². The average molecular weight is 179 g/mol. The highest BCUT2D eigenvalue weighted by molar-refractivity contribution is 5.04. The fourth-order valence-electron chi connectivity index (χ4n) is 2.47. The van der Waals surface area contributed by atoms with E-state index in [1.54, 1.807) is 5.70 Å². The molecule has 74 valence electrons. The van der Waals surface area contributed by atoms with Crippen LogP contribution in [0.4, 0.5) is 0 Å². The zero-order valence-corrected chi connectivity index (χ0v) is 8.60. The van der Waals surface area contributed by atoms with Crippen LogP contribution in [-0.4, -0.2) is 18.0 Å². The summed E-state index contributed by atoms with van der Waals surface area (Å²) in [5, 5.41) is 0. The van der Waals surface area contributed by atoms with Gasteiger partial charge in [0.2, 0.25) is 0 Å². The van der Waals surface area contributed by atoms with Gasteiger partial charge >= 0.3 is 0 Å². The summed E-state index contributed by atoms with van der Waals surface area (Å²) < 4.78 is 0. The van der Waals surface area contributed by atoms with Crippen LogP contribution >= 0.6 is 0 Å². The van der Waals surface area contributed by atoms with Crippen LogP contribution in [0.25, 0.3) is 0 Å². The first kappa shape index (κ1) is 9.11. The van der Waals surface area contributed by atoms with Gasteiger partial charge in [0.1, 0.15) is 0 Å². The van der Waals surface area contributed by atoms with Crippen molar-refractivity contribution in [3.63, 3.8) is 0 Å². The maximum Gasteiger partial charge on any atom is 0.0174 e. The van der Waals surface area contributed by atoms with Crippen LogP contribution in [0.1, 0.15) is 51.4 Å². The van der Waals surface area contributed by atoms with Crippen molar-refractivity contribution in [2.45, 2.75) is 51.4 Å². The normalized spacial score (nSPS) is 25.2. The van der Waals surface area contributed by atoms with Crippen LogP contribution in [0.15, 0.2) is 11.8 Å². The minimum atomic E-state index is 1.33. The Morgan fingerprint density at radius 2 is 1.62 bits per heavy atom. The van der Waals surface area contributed by atoms with E-state index in [0.29, 0.717) is 0 Å². The third-order valence-corrected chi connectivity index (χ3v) is 3.28. The molecule has 0 atom stereocenters. The molecular formula is C12H21N. The molecule has 0 aromatic carbocycles. The predicted molar refractivity (Wildman–Crippen MR) is 56.6 cm³/mol. The van der Waals surface area contributed by atoms with Crippen molar-refractivity contribution < 1.29 is 0 Å². The van der Waals surface area contributed by atoms with Gasteiger partial charge in [-0.2, -0.15) is 0 Å². The molecule has 1 aliphatic carbocycles. The number of rotatable bonds is 1. The molecule has 1 heterocycles. The highest BCUT2D eigenvalue weighted by Crippen LogP contribution is 2.23. The molecule has 1 heteroatoms. The predicted octanol–water partition coefficient (Wildman–Crippen LogP) is 3.32. The van der Waals surface area contributed by atoms with Gasteiger partial charge in [0.25, 0.3) is 0 Å². The van der Waals surface area contributed by atoms with E-state index >= 15 is 0 Å². The van der Waals surface area contributed by atoms with E-state index in [4.69, 9.17) is 0 Å². The molecule has 0 N–H and O–H groups in total. The first-order chi connectivity index (χ1) is 6.47. The van der Waals surface area contributed by atoms with Crippen molar-refractivity contribution in [2.75, 3.05) is 13.1 Å². The van der Waals surface area contributed by atoms with Crippen LogP contribution in [0.3, 0.4) is 0 Å². The molecule has 1 aliphatic heterocycles. The fraction of sp³-hybridized carbons (Fsp3) is 0.833. The first-order valence-electron chi connectivity index (χ1n) is 5.91. The van der Waals surface area contributed by atoms with E-state index < -0.39 is 0 Å². The maximum atomic E-state index is 2.64. The third kappa shape index (κ3) is 2.49. The van der Waals surface area contributed by atoms with Crippen molar-refractivity contribution in [1.29, 1.82) is 0 Å². The van der Waals surface area contributed by atoms with Gasteiger partial charge in [-0.25, -0.2) is 0 Å². The molecule has 2 rings (SSSR count). The fourth-order valence-corrected chi connectivity index (χ4v) is 2.47. The number of allylic oxidation sites excluding steroid dienone is 2. The zero-order valence-electron chi connectivity index (χ0n) is 8.60. The zero-order chi connectivity index (χ0) is 8.93. The Hall–Kier alpha value is -0.460. The van der Waals surface area contributed by atoms with Crippen molar-refractivity contribution >= 4 is 0 Å². The number of likely N-dealkylation sites (tertiary alicyclic amines) is 1. The second kappa shape index (κ2) is 4.69. The summed E-state index contributed by atoms with van der Waals surface area (Å²) in [4.78, 5) is 2.64. The molecule has 0 saturated carbocycles. The lowest BCUT2D eigenvalue weighted by atomic mass is 10.0. The summed E-state index contributed by atoms with van der Waals surface area (Å²) in [5.74, 6) is 0. The third-order valence-electron chi connectivity index (χ3n) is 3.28. The Morgan fingerprint density at radius 3 is 2.23 bits per heavy atom. The lowest BCUT2D eigenvalue weighted by molar-refractivity contribution is 0.335. The standard InChI is InChI=1S/C12H21N/c1-2-7-11-13(10-6-1)12-8-4-3-5-9-12/h8H,1-7,9-11H2. The summed E-state index contributed by atoms with van der Waals surface area (Å²) in [7, 11) is 0. The molecule has 0 unspecified atom stereocenters. The second-order valence-electron chi connectivity index (χ2n) is 4.34. The van der Waals surface area contributed by atoms with E-state index in [1.165, 1.54) is 64.5 Å². The molecule has 0 aromatic rings. The highest BCUT2D eigenvalue weighted by Gasteiger charge is 2.13. The summed E-state index contributed by atoms with van der Waals surface area (Å²) in [6.45, 7) is 2.65. The Bertz CT molecular complexity index is 176. The summed E-state index contributed by atoms with van der Waals surface area (Å²) >= 11 is 0. The quantitative estimate of drug-likeness (QED) is 0.597. The molecule has 1 saturated heterocycles. The van der Waals surface area contributed by atoms with E-state index in [9.17, 15) is 0 Å². The lowest BCUT2D eigenvalue weighted by Gasteiger charge is -2.28. The minimum absolute atomic E-state index is 1.33. The van der Waals surface area contributed by atoms with Gasteiger partial charge < -0.3 is 4.90 Å². The summed E-state index contributed by atoms with van der Waals surface area (Å²) in [5.41, 5.74) is 1.66. The number of hydrogen-bond donors (Lipinski definition) is 0. The van der Waals surface area contributed by atoms with E-state index in [1.807, 2.05) is 0 Å². The van der Waals surface area contributed by atoms with Crippen molar-refractivity contribution in [3.8, 4) is 0 Å². The Kier molecular flexibility index (Phi) is 3.28. The van der Waals surface area contributed by atoms with Crippen LogP contribution < -0.4 is 0 Å². The Balaban J connectivity index is 1.92. The van der Waals surface area contributed by atoms with E-state index in [2.05, 4.69) is 11.0 Å². The van der Waals surface area contributed by atoms with Crippen molar-refractivity contribution in [3.05, 3.63) is 11.8 Å². The van der Waals surface area contributed by atoms with E-state index in [-0.39, 0.29) is 0 Å². The number of nitrogens with zero attached hydrogens (tertiary/aromatic N) is 1. The van der Waals surface area contributed by atoms with Crippen LogP contribution in [0.5, 0.6) is 0 Å². The molecule has 0 aromatic heterocycles. The molecule has 1 fully saturated rings. The smallest absolute Gasteiger partial charge is 0.0174 e. The molecule has 2 aliphatic rings. The largest absolute Gasteiger partial charge is 0.375 e. The van der Waals surface area contributed by atoms with Gasteiger partial charge in [0.15, 0.2) is 0 Å². The molecule has 0 amide bonds. The first-order valence-corrected chi connectivity index (χ1v) is 5.91. The molecule has 0 bridgehead atoms. The Morgan fingerprint density at radius 1 is 0.846 bits per heavy atom. The molecule has 1 nitrogen and oxygen atoms in total. The maximum absolute atomic E-state index is 2.64. The molecule has 0 spiro atoms. The van der Waals surface area contributed by atoms with Gasteiger partial charge in [-0.1, -0.05) is 18.9 Å². The molecule has 13 heavy (non-hydrogen) atoms. The van der Waals surface area contributed by atoms with Crippen LogP contribution in [0, 0.1) is 0 Å². The van der Waals surface area contributed by atoms with Gasteiger partial charge in [0, 0.05) is 18.8 Å². The summed E-state index contributed by atoms with van der Waals surface area (Å²) in [6, 6.07) is 0. The van der Waals surface area contributed by atoms with Gasteiger partial charge in [0.05, 0.1) is 0 Å². The molecule has 0 radical (unpaired) electrons. The second-order valence-corrected chi connectivity index (χ2v) is 4.34. The Labute approximate surface area is 81.8 Å². The van der Waals surface area contributed by atoms with Crippen molar-refractivity contribution in [1.82, 2.24) is 4.90 Å². The lowest BCUT2D eigenvalue weighted by Crippen LogP contribution is -2.24. The van der Waals surface area contributed by atoms with Crippen LogP contribution in [-0.2, 0) is 0 Å². The minimum Gasteiger partial charge on any atom is -0.375 e. The van der Waals surface area contributed by atoms with Gasteiger partial charge in [-0.3, -0.25) is 0 Å². The van der Waals surface area contributed by atoms with E-state index in [0.717, 1.165) is 0 Å². The SMILES string of the molecule is C1=C(N2CCCCCC2)CCCC1. The van der Waals surface area contributed by atoms with Gasteiger partial charge in [-0.15, -0.1) is 0 Å². The average Bonchev–Trinajstić information content (AvgIpc) is 2.47. The summed E-state index contributed by atoms with van der Waals surface area (Å²) in [6.07, 6.45) is 13.7. The molecular weight excluding hydrogens is 158 g/mol. The monoisotopic (exact) mass is 179 g/mol.